The first kappa shape index (κ1) is 12.5. The van der Waals surface area contributed by atoms with E-state index in [0.717, 1.165) is 16.7 Å². The molecule has 6 heteroatoms. The number of hydrogen-bond donors (Lipinski definition) is 1. The summed E-state index contributed by atoms with van der Waals surface area (Å²) in [5.74, 6) is 0.516. The summed E-state index contributed by atoms with van der Waals surface area (Å²) in [5, 5.41) is 3.24. The Morgan fingerprint density at radius 2 is 2.05 bits per heavy atom. The number of rotatable bonds is 3. The highest BCUT2D eigenvalue weighted by Gasteiger charge is 2.27. The van der Waals surface area contributed by atoms with Crippen LogP contribution in [0.25, 0.3) is 11.0 Å². The molecule has 19 heavy (non-hydrogen) atoms. The third kappa shape index (κ3) is 2.90. The standard InChI is InChI=1S/C13H15N3O2S/c17-19(18)6-5-10(9-19)14-7-11-8-15-12-3-1-2-4-13(12)16-11/h1-4,8,10,14H,5-7,9H2. The lowest BCUT2D eigenvalue weighted by Gasteiger charge is -2.10. The molecule has 1 atom stereocenters. The van der Waals surface area contributed by atoms with Crippen molar-refractivity contribution in [3.8, 4) is 0 Å². The molecule has 0 radical (unpaired) electrons. The van der Waals surface area contributed by atoms with Gasteiger partial charge in [0, 0.05) is 12.6 Å². The third-order valence-corrected chi connectivity index (χ3v) is 5.07. The van der Waals surface area contributed by atoms with E-state index < -0.39 is 9.84 Å². The lowest BCUT2D eigenvalue weighted by molar-refractivity contribution is 0.548. The highest BCUT2D eigenvalue weighted by atomic mass is 32.2. The lowest BCUT2D eigenvalue weighted by Crippen LogP contribution is -2.29. The second-order valence-electron chi connectivity index (χ2n) is 4.83. The molecular weight excluding hydrogens is 262 g/mol. The van der Waals surface area contributed by atoms with Crippen molar-refractivity contribution in [3.63, 3.8) is 0 Å². The normalized spacial score (nSPS) is 21.8. The SMILES string of the molecule is O=S1(=O)CCC(NCc2cnc3ccccc3n2)C1. The summed E-state index contributed by atoms with van der Waals surface area (Å²) < 4.78 is 22.7. The van der Waals surface area contributed by atoms with Crippen LogP contribution in [0.4, 0.5) is 0 Å². The average Bonchev–Trinajstić information content (AvgIpc) is 2.76. The van der Waals surface area contributed by atoms with Gasteiger partial charge in [-0.3, -0.25) is 4.98 Å². The number of hydrogen-bond acceptors (Lipinski definition) is 5. The van der Waals surface area contributed by atoms with Crippen LogP contribution in [0.15, 0.2) is 30.5 Å². The quantitative estimate of drug-likeness (QED) is 0.902. The molecule has 1 fully saturated rings. The monoisotopic (exact) mass is 277 g/mol. The Morgan fingerprint density at radius 1 is 1.26 bits per heavy atom. The number of aromatic nitrogens is 2. The van der Waals surface area contributed by atoms with Gasteiger partial charge < -0.3 is 5.32 Å². The van der Waals surface area contributed by atoms with E-state index in [0.29, 0.717) is 13.0 Å². The van der Waals surface area contributed by atoms with Gasteiger partial charge in [-0.2, -0.15) is 0 Å². The predicted molar refractivity (Wildman–Crippen MR) is 73.4 cm³/mol. The molecule has 1 aliphatic heterocycles. The van der Waals surface area contributed by atoms with Gasteiger partial charge in [0.15, 0.2) is 9.84 Å². The van der Waals surface area contributed by atoms with Crippen LogP contribution in [-0.2, 0) is 16.4 Å². The Balaban J connectivity index is 1.69. The third-order valence-electron chi connectivity index (χ3n) is 3.30. The van der Waals surface area contributed by atoms with Gasteiger partial charge in [-0.15, -0.1) is 0 Å². The zero-order valence-corrected chi connectivity index (χ0v) is 11.2. The molecule has 3 rings (SSSR count). The summed E-state index contributed by atoms with van der Waals surface area (Å²) in [6.45, 7) is 0.554. The lowest BCUT2D eigenvalue weighted by atomic mass is 10.2. The van der Waals surface area contributed by atoms with Gasteiger partial charge in [0.2, 0.25) is 0 Å². The molecule has 1 N–H and O–H groups in total. The number of benzene rings is 1. The van der Waals surface area contributed by atoms with Crippen molar-refractivity contribution >= 4 is 20.9 Å². The van der Waals surface area contributed by atoms with Gasteiger partial charge in [-0.05, 0) is 18.6 Å². The number of nitrogens with zero attached hydrogens (tertiary/aromatic N) is 2. The minimum absolute atomic E-state index is 0.0401. The van der Waals surface area contributed by atoms with E-state index in [1.165, 1.54) is 0 Å². The molecule has 1 aromatic heterocycles. The smallest absolute Gasteiger partial charge is 0.151 e. The molecule has 2 heterocycles. The van der Waals surface area contributed by atoms with Crippen molar-refractivity contribution in [1.82, 2.24) is 15.3 Å². The second kappa shape index (κ2) is 4.86. The molecule has 5 nitrogen and oxygen atoms in total. The number of nitrogens with one attached hydrogen (secondary N) is 1. The van der Waals surface area contributed by atoms with Gasteiger partial charge in [0.05, 0.1) is 34.4 Å². The van der Waals surface area contributed by atoms with Crippen LogP contribution in [0.3, 0.4) is 0 Å². The fourth-order valence-electron chi connectivity index (χ4n) is 2.29. The van der Waals surface area contributed by atoms with Crippen LogP contribution in [0.5, 0.6) is 0 Å². The van der Waals surface area contributed by atoms with E-state index in [1.807, 2.05) is 24.3 Å². The van der Waals surface area contributed by atoms with E-state index in [-0.39, 0.29) is 17.5 Å². The van der Waals surface area contributed by atoms with Gasteiger partial charge in [-0.1, -0.05) is 12.1 Å². The van der Waals surface area contributed by atoms with Gasteiger partial charge >= 0.3 is 0 Å². The number of para-hydroxylation sites is 2. The maximum absolute atomic E-state index is 11.4. The maximum Gasteiger partial charge on any atom is 0.151 e. The number of fused-ring (bicyclic) bond motifs is 1. The largest absolute Gasteiger partial charge is 0.307 e. The first-order chi connectivity index (χ1) is 9.12. The molecule has 0 saturated carbocycles. The van der Waals surface area contributed by atoms with Crippen molar-refractivity contribution < 1.29 is 8.42 Å². The van der Waals surface area contributed by atoms with E-state index >= 15 is 0 Å². The average molecular weight is 277 g/mol. The predicted octanol–water partition coefficient (Wildman–Crippen LogP) is 0.906. The Labute approximate surface area is 112 Å². The summed E-state index contributed by atoms with van der Waals surface area (Å²) in [5.41, 5.74) is 2.57. The molecule has 100 valence electrons. The summed E-state index contributed by atoms with van der Waals surface area (Å²) in [6, 6.07) is 7.74. The second-order valence-corrected chi connectivity index (χ2v) is 7.06. The van der Waals surface area contributed by atoms with Crippen LogP contribution in [0.1, 0.15) is 12.1 Å². The topological polar surface area (TPSA) is 72.0 Å². The fraction of sp³-hybridized carbons (Fsp3) is 0.385. The van der Waals surface area contributed by atoms with E-state index in [1.54, 1.807) is 6.20 Å². The molecule has 0 bridgehead atoms. The van der Waals surface area contributed by atoms with Gasteiger partial charge in [0.1, 0.15) is 0 Å². The molecule has 1 aliphatic rings. The van der Waals surface area contributed by atoms with E-state index in [2.05, 4.69) is 15.3 Å². The molecular formula is C13H15N3O2S. The highest BCUT2D eigenvalue weighted by molar-refractivity contribution is 7.91. The first-order valence-electron chi connectivity index (χ1n) is 6.27. The van der Waals surface area contributed by atoms with Crippen molar-refractivity contribution in [2.75, 3.05) is 11.5 Å². The van der Waals surface area contributed by atoms with Crippen molar-refractivity contribution in [2.24, 2.45) is 0 Å². The molecule has 1 unspecified atom stereocenters. The van der Waals surface area contributed by atoms with Crippen molar-refractivity contribution in [1.29, 1.82) is 0 Å². The minimum Gasteiger partial charge on any atom is -0.307 e. The van der Waals surface area contributed by atoms with Crippen LogP contribution in [0.2, 0.25) is 0 Å². The highest BCUT2D eigenvalue weighted by Crippen LogP contribution is 2.12. The summed E-state index contributed by atoms with van der Waals surface area (Å²) in [4.78, 5) is 8.83. The Kier molecular flexibility index (Phi) is 3.20. The van der Waals surface area contributed by atoms with Crippen LogP contribution < -0.4 is 5.32 Å². The van der Waals surface area contributed by atoms with Crippen LogP contribution in [-0.4, -0.2) is 35.9 Å². The summed E-state index contributed by atoms with van der Waals surface area (Å²) in [7, 11) is -2.83. The molecule has 0 spiro atoms. The summed E-state index contributed by atoms with van der Waals surface area (Å²) >= 11 is 0. The zero-order chi connectivity index (χ0) is 13.3. The van der Waals surface area contributed by atoms with Crippen LogP contribution in [0, 0.1) is 0 Å². The Morgan fingerprint density at radius 3 is 2.79 bits per heavy atom. The Bertz CT molecular complexity index is 700. The molecule has 2 aromatic rings. The molecule has 1 aromatic carbocycles. The number of sulfone groups is 1. The minimum atomic E-state index is -2.83. The summed E-state index contributed by atoms with van der Waals surface area (Å²) in [6.07, 6.45) is 2.42. The first-order valence-corrected chi connectivity index (χ1v) is 8.09. The van der Waals surface area contributed by atoms with E-state index in [9.17, 15) is 8.42 Å². The van der Waals surface area contributed by atoms with Crippen molar-refractivity contribution in [3.05, 3.63) is 36.2 Å². The van der Waals surface area contributed by atoms with Crippen LogP contribution >= 0.6 is 0 Å². The molecule has 0 aliphatic carbocycles. The van der Waals surface area contributed by atoms with Gasteiger partial charge in [-0.25, -0.2) is 13.4 Å². The molecule has 1 saturated heterocycles. The van der Waals surface area contributed by atoms with Gasteiger partial charge in [0.25, 0.3) is 0 Å². The van der Waals surface area contributed by atoms with Crippen molar-refractivity contribution in [2.45, 2.75) is 19.0 Å². The fourth-order valence-corrected chi connectivity index (χ4v) is 3.99. The van der Waals surface area contributed by atoms with E-state index in [4.69, 9.17) is 0 Å². The Hall–Kier alpha value is -1.53. The molecule has 0 amide bonds. The maximum atomic E-state index is 11.4. The zero-order valence-electron chi connectivity index (χ0n) is 10.4.